The van der Waals surface area contributed by atoms with Gasteiger partial charge in [0.15, 0.2) is 0 Å². The lowest BCUT2D eigenvalue weighted by molar-refractivity contribution is -0.910. The number of hydrogen-bond donors (Lipinski definition) is 3. The van der Waals surface area contributed by atoms with Gasteiger partial charge in [-0.1, -0.05) is 192 Å². The van der Waals surface area contributed by atoms with Crippen LogP contribution in [0, 0.1) is 0 Å². The Bertz CT molecular complexity index is 787. The Hall–Kier alpha value is -0.940. The first-order valence-corrected chi connectivity index (χ1v) is 26.7. The summed E-state index contributed by atoms with van der Waals surface area (Å²) in [5, 5.41) is 30.5. The summed E-state index contributed by atoms with van der Waals surface area (Å²) < 4.78 is 1.28. The van der Waals surface area contributed by atoms with Crippen molar-refractivity contribution >= 4 is 0 Å². The fourth-order valence-corrected chi connectivity index (χ4v) is 8.61. The molecule has 0 aromatic carbocycles. The molecule has 0 saturated carbocycles. The van der Waals surface area contributed by atoms with E-state index in [1.807, 2.05) is 0 Å². The third-order valence-electron chi connectivity index (χ3n) is 12.9. The molecular weight excluding hydrogens is 723 g/mol. The van der Waals surface area contributed by atoms with Crippen LogP contribution in [0.15, 0.2) is 36.5 Å². The second kappa shape index (κ2) is 46.6. The molecular formula is C55H108NO3+. The maximum Gasteiger partial charge on any atom is 0.0784 e. The fourth-order valence-electron chi connectivity index (χ4n) is 8.61. The van der Waals surface area contributed by atoms with E-state index in [9.17, 15) is 15.3 Å². The lowest BCUT2D eigenvalue weighted by Gasteiger charge is -2.35. The molecule has 0 fully saturated rings. The highest BCUT2D eigenvalue weighted by Gasteiger charge is 2.20. The average Bonchev–Trinajstić information content (AvgIpc) is 3.23. The highest BCUT2D eigenvalue weighted by Crippen LogP contribution is 2.18. The van der Waals surface area contributed by atoms with E-state index in [1.54, 1.807) is 0 Å². The van der Waals surface area contributed by atoms with Gasteiger partial charge in [-0.25, -0.2) is 0 Å². The molecule has 3 N–H and O–H groups in total. The third-order valence-corrected chi connectivity index (χ3v) is 12.9. The first kappa shape index (κ1) is 58.1. The molecule has 0 aliphatic carbocycles. The zero-order valence-corrected chi connectivity index (χ0v) is 40.7. The maximum absolute atomic E-state index is 10.2. The fraction of sp³-hybridized carbons (Fsp3) is 0.891. The summed E-state index contributed by atoms with van der Waals surface area (Å²) in [6.45, 7) is 10.8. The molecule has 3 unspecified atom stereocenters. The van der Waals surface area contributed by atoms with Gasteiger partial charge in [0.2, 0.25) is 0 Å². The summed E-state index contributed by atoms with van der Waals surface area (Å²) in [4.78, 5) is 0. The van der Waals surface area contributed by atoms with Crippen molar-refractivity contribution in [1.29, 1.82) is 0 Å². The Morgan fingerprint density at radius 1 is 0.305 bits per heavy atom. The van der Waals surface area contributed by atoms with Crippen molar-refractivity contribution in [1.82, 2.24) is 0 Å². The van der Waals surface area contributed by atoms with E-state index in [4.69, 9.17) is 0 Å². The zero-order valence-electron chi connectivity index (χ0n) is 40.7. The predicted octanol–water partition coefficient (Wildman–Crippen LogP) is 16.5. The minimum absolute atomic E-state index is 0.147. The standard InChI is InChI=1S/C55H108NO3/c1-5-8-11-35-44-53(57)47-38-29-23-17-14-20-26-32-41-50-56(4,51-42-33-27-21-15-18-24-30-39-48-54(58)45-36-12-9-6-2)52-43-34-28-22-16-19-25-31-40-49-55(59)46-37-13-10-7-3/h29-31,38-40,53-55,57-59H,5-28,32-37,41-52H2,1-4H3/q+1. The number of quaternary nitrogens is 1. The van der Waals surface area contributed by atoms with Crippen molar-refractivity contribution in [3.63, 3.8) is 0 Å². The van der Waals surface area contributed by atoms with Crippen LogP contribution >= 0.6 is 0 Å². The van der Waals surface area contributed by atoms with Gasteiger partial charge in [0, 0.05) is 0 Å². The Morgan fingerprint density at radius 3 is 0.814 bits per heavy atom. The first-order valence-electron chi connectivity index (χ1n) is 26.7. The molecule has 0 aliphatic rings. The molecule has 0 saturated heterocycles. The number of aliphatic hydroxyl groups excluding tert-OH is 3. The van der Waals surface area contributed by atoms with E-state index in [0.717, 1.165) is 38.5 Å². The molecule has 0 bridgehead atoms. The van der Waals surface area contributed by atoms with Crippen LogP contribution in [0.4, 0.5) is 0 Å². The van der Waals surface area contributed by atoms with Crippen molar-refractivity contribution in [2.75, 3.05) is 26.7 Å². The molecule has 4 nitrogen and oxygen atoms in total. The van der Waals surface area contributed by atoms with Crippen LogP contribution in [0.5, 0.6) is 0 Å². The van der Waals surface area contributed by atoms with Gasteiger partial charge in [-0.15, -0.1) is 0 Å². The van der Waals surface area contributed by atoms with Crippen molar-refractivity contribution in [3.05, 3.63) is 36.5 Å². The lowest BCUT2D eigenvalue weighted by atomic mass is 10.0. The Balaban J connectivity index is 4.33. The number of unbranched alkanes of at least 4 members (excludes halogenated alkanes) is 27. The first-order chi connectivity index (χ1) is 28.9. The molecule has 0 aromatic heterocycles. The summed E-state index contributed by atoms with van der Waals surface area (Å²) in [6, 6.07) is 0. The normalized spacial score (nSPS) is 14.9. The van der Waals surface area contributed by atoms with Gasteiger partial charge < -0.3 is 19.8 Å². The summed E-state index contributed by atoms with van der Waals surface area (Å²) >= 11 is 0. The molecule has 0 rings (SSSR count). The molecule has 0 heterocycles. The van der Waals surface area contributed by atoms with E-state index >= 15 is 0 Å². The SMILES string of the molecule is CCCCCCC(O)CC=CCCCCCCCC[N+](C)(CCCCCCCCC=CCC(O)CCCCCC)CCCCCCCCC=CCC(O)CCCCCC. The monoisotopic (exact) mass is 831 g/mol. The third kappa shape index (κ3) is 44.9. The summed E-state index contributed by atoms with van der Waals surface area (Å²) in [6.07, 6.45) is 61.3. The van der Waals surface area contributed by atoms with Gasteiger partial charge >= 0.3 is 0 Å². The predicted molar refractivity (Wildman–Crippen MR) is 263 cm³/mol. The lowest BCUT2D eigenvalue weighted by Crippen LogP contribution is -2.46. The molecule has 0 spiro atoms. The smallest absolute Gasteiger partial charge is 0.0784 e. The number of rotatable bonds is 48. The molecule has 59 heavy (non-hydrogen) atoms. The van der Waals surface area contributed by atoms with Crippen molar-refractivity contribution in [2.45, 2.75) is 289 Å². The Kier molecular flexibility index (Phi) is 45.8. The van der Waals surface area contributed by atoms with Gasteiger partial charge in [0.05, 0.1) is 45.0 Å². The zero-order chi connectivity index (χ0) is 43.2. The number of allylic oxidation sites excluding steroid dienone is 3. The van der Waals surface area contributed by atoms with Crippen molar-refractivity contribution in [2.24, 2.45) is 0 Å². The average molecular weight is 831 g/mol. The van der Waals surface area contributed by atoms with Gasteiger partial charge in [-0.3, -0.25) is 0 Å². The van der Waals surface area contributed by atoms with E-state index < -0.39 is 0 Å². The van der Waals surface area contributed by atoms with Crippen LogP contribution < -0.4 is 0 Å². The van der Waals surface area contributed by atoms with E-state index in [-0.39, 0.29) is 18.3 Å². The van der Waals surface area contributed by atoms with E-state index in [0.29, 0.717) is 0 Å². The van der Waals surface area contributed by atoms with Crippen LogP contribution in [0.3, 0.4) is 0 Å². The molecule has 0 aliphatic heterocycles. The molecule has 0 amide bonds. The topological polar surface area (TPSA) is 60.7 Å². The van der Waals surface area contributed by atoms with Crippen LogP contribution in [0.25, 0.3) is 0 Å². The van der Waals surface area contributed by atoms with Crippen molar-refractivity contribution in [3.8, 4) is 0 Å². The largest absolute Gasteiger partial charge is 0.393 e. The van der Waals surface area contributed by atoms with Crippen molar-refractivity contribution < 1.29 is 19.8 Å². The van der Waals surface area contributed by atoms with Crippen LogP contribution in [-0.2, 0) is 0 Å². The summed E-state index contributed by atoms with van der Waals surface area (Å²) in [5.41, 5.74) is 0. The molecule has 0 aromatic rings. The minimum atomic E-state index is -0.147. The van der Waals surface area contributed by atoms with Crippen LogP contribution in [0.1, 0.15) is 271 Å². The summed E-state index contributed by atoms with van der Waals surface area (Å²) in [5.74, 6) is 0. The number of nitrogens with zero attached hydrogens (tertiary/aromatic N) is 1. The minimum Gasteiger partial charge on any atom is -0.393 e. The highest BCUT2D eigenvalue weighted by molar-refractivity contribution is 4.85. The molecule has 3 atom stereocenters. The molecule has 4 heteroatoms. The van der Waals surface area contributed by atoms with E-state index in [2.05, 4.69) is 64.3 Å². The van der Waals surface area contributed by atoms with Gasteiger partial charge in [0.1, 0.15) is 0 Å². The molecule has 0 radical (unpaired) electrons. The Labute approximate surface area is 371 Å². The Morgan fingerprint density at radius 2 is 0.542 bits per heavy atom. The van der Waals surface area contributed by atoms with Crippen LogP contribution in [0.2, 0.25) is 0 Å². The second-order valence-corrected chi connectivity index (χ2v) is 19.2. The van der Waals surface area contributed by atoms with Crippen LogP contribution in [-0.4, -0.2) is 64.8 Å². The van der Waals surface area contributed by atoms with E-state index in [1.165, 1.54) is 236 Å². The highest BCUT2D eigenvalue weighted by atomic mass is 16.3. The maximum atomic E-state index is 10.2. The quantitative estimate of drug-likeness (QED) is 0.0325. The van der Waals surface area contributed by atoms with Gasteiger partial charge in [0.25, 0.3) is 0 Å². The molecule has 350 valence electrons. The number of hydrogen-bond acceptors (Lipinski definition) is 3. The summed E-state index contributed by atoms with van der Waals surface area (Å²) in [7, 11) is 2.57. The second-order valence-electron chi connectivity index (χ2n) is 19.2. The van der Waals surface area contributed by atoms with Gasteiger partial charge in [-0.2, -0.15) is 0 Å². The van der Waals surface area contributed by atoms with Gasteiger partial charge in [-0.05, 0) is 116 Å². The number of aliphatic hydroxyl groups is 3.